The number of carbonyl (C=O) groups is 2. The van der Waals surface area contributed by atoms with Crippen molar-refractivity contribution in [1.29, 1.82) is 0 Å². The van der Waals surface area contributed by atoms with Crippen molar-refractivity contribution in [2.45, 2.75) is 76.3 Å². The van der Waals surface area contributed by atoms with Gasteiger partial charge in [0.25, 0.3) is 0 Å². The number of H-pyrrole nitrogens is 1. The fraction of sp³-hybridized carbons (Fsp3) is 0.643. The number of urea groups is 1. The Morgan fingerprint density at radius 3 is 2.56 bits per heavy atom. The third-order valence-corrected chi connectivity index (χ3v) is 8.58. The lowest BCUT2D eigenvalue weighted by molar-refractivity contribution is -0.138. The number of aromatic amines is 1. The van der Waals surface area contributed by atoms with Crippen molar-refractivity contribution < 1.29 is 19.4 Å². The summed E-state index contributed by atoms with van der Waals surface area (Å²) < 4.78 is 5.46. The number of ether oxygens (including phenoxy) is 1. The van der Waals surface area contributed by atoms with Crippen LogP contribution in [0.1, 0.15) is 76.1 Å². The monoisotopic (exact) mass is 496 g/mol. The summed E-state index contributed by atoms with van der Waals surface area (Å²) >= 11 is 0. The van der Waals surface area contributed by atoms with E-state index >= 15 is 0 Å². The summed E-state index contributed by atoms with van der Waals surface area (Å²) in [5, 5.41) is 14.6. The minimum Gasteiger partial charge on any atom is -0.497 e. The lowest BCUT2D eigenvalue weighted by Gasteiger charge is -2.50. The van der Waals surface area contributed by atoms with Gasteiger partial charge in [-0.1, -0.05) is 19.3 Å². The number of piperidine rings is 1. The summed E-state index contributed by atoms with van der Waals surface area (Å²) in [4.78, 5) is 34.0. The van der Waals surface area contributed by atoms with E-state index in [9.17, 15) is 14.7 Å². The molecule has 196 valence electrons. The standard InChI is InChI=1S/C28H40N4O4/c1-18(2)29-27(35)32-17-28(11-13-31(14-12-28)26(34)19-7-5-4-6-8-19)24-21-10-9-20(36-3)15-22(21)30-25(24)23(32)16-33/h9-10,15,18-19,23,30,33H,4-8,11-14,16-17H2,1-3H3,(H,29,35)/t23-/m1/s1. The van der Waals surface area contributed by atoms with Crippen LogP contribution in [0.2, 0.25) is 0 Å². The van der Waals surface area contributed by atoms with Crippen molar-refractivity contribution in [2.75, 3.05) is 33.4 Å². The van der Waals surface area contributed by atoms with Crippen LogP contribution in [0.25, 0.3) is 10.9 Å². The summed E-state index contributed by atoms with van der Waals surface area (Å²) in [6, 6.07) is 5.42. The highest BCUT2D eigenvalue weighted by molar-refractivity contribution is 5.89. The summed E-state index contributed by atoms with van der Waals surface area (Å²) in [7, 11) is 1.65. The summed E-state index contributed by atoms with van der Waals surface area (Å²) in [5.41, 5.74) is 2.76. The average molecular weight is 497 g/mol. The molecule has 5 rings (SSSR count). The first-order valence-corrected chi connectivity index (χ1v) is 13.5. The van der Waals surface area contributed by atoms with Gasteiger partial charge in [-0.3, -0.25) is 4.79 Å². The van der Waals surface area contributed by atoms with Crippen molar-refractivity contribution in [3.63, 3.8) is 0 Å². The average Bonchev–Trinajstić information content (AvgIpc) is 3.28. The maximum atomic E-state index is 13.3. The number of hydrogen-bond acceptors (Lipinski definition) is 4. The van der Waals surface area contributed by atoms with Gasteiger partial charge in [-0.25, -0.2) is 4.79 Å². The number of carbonyl (C=O) groups excluding carboxylic acids is 2. The molecule has 0 radical (unpaired) electrons. The molecule has 2 fully saturated rings. The number of amides is 3. The van der Waals surface area contributed by atoms with E-state index in [1.165, 1.54) is 12.0 Å². The largest absolute Gasteiger partial charge is 0.497 e. The molecule has 3 N–H and O–H groups in total. The third kappa shape index (κ3) is 4.33. The molecule has 8 nitrogen and oxygen atoms in total. The Kier molecular flexibility index (Phi) is 6.90. The number of fused-ring (bicyclic) bond motifs is 4. The van der Waals surface area contributed by atoms with Gasteiger partial charge in [0.05, 0.1) is 19.8 Å². The Labute approximate surface area is 213 Å². The second-order valence-corrected chi connectivity index (χ2v) is 11.2. The van der Waals surface area contributed by atoms with Gasteiger partial charge in [0.2, 0.25) is 5.91 Å². The number of hydrogen-bond donors (Lipinski definition) is 3. The van der Waals surface area contributed by atoms with Gasteiger partial charge in [0.15, 0.2) is 0 Å². The highest BCUT2D eigenvalue weighted by Gasteiger charge is 2.49. The Morgan fingerprint density at radius 2 is 1.92 bits per heavy atom. The number of nitrogens with one attached hydrogen (secondary N) is 2. The Balaban J connectivity index is 1.51. The SMILES string of the molecule is COc1ccc2c3c([nH]c2c1)[C@@H](CO)N(C(=O)NC(C)C)CC31CCN(C(=O)C2CCCCC2)CC1. The molecular formula is C28H40N4O4. The van der Waals surface area contributed by atoms with E-state index in [1.54, 1.807) is 12.0 Å². The van der Waals surface area contributed by atoms with Crippen LogP contribution in [-0.2, 0) is 10.2 Å². The number of aromatic nitrogens is 1. The molecule has 3 aliphatic rings. The van der Waals surface area contributed by atoms with Crippen LogP contribution in [0.15, 0.2) is 18.2 Å². The fourth-order valence-electron chi connectivity index (χ4n) is 6.72. The van der Waals surface area contributed by atoms with Crippen LogP contribution in [0.4, 0.5) is 4.79 Å². The zero-order valence-electron chi connectivity index (χ0n) is 21.8. The zero-order valence-corrected chi connectivity index (χ0v) is 21.8. The number of likely N-dealkylation sites (tertiary alicyclic amines) is 1. The maximum absolute atomic E-state index is 13.3. The number of nitrogens with zero attached hydrogens (tertiary/aromatic N) is 2. The predicted molar refractivity (Wildman–Crippen MR) is 139 cm³/mol. The third-order valence-electron chi connectivity index (χ3n) is 8.58. The van der Waals surface area contributed by atoms with Gasteiger partial charge in [0.1, 0.15) is 5.75 Å². The van der Waals surface area contributed by atoms with Crippen molar-refractivity contribution in [3.8, 4) is 5.75 Å². The molecule has 1 atom stereocenters. The van der Waals surface area contributed by atoms with Crippen LogP contribution in [-0.4, -0.2) is 71.2 Å². The van der Waals surface area contributed by atoms with E-state index < -0.39 is 6.04 Å². The topological polar surface area (TPSA) is 97.9 Å². The van der Waals surface area contributed by atoms with E-state index in [-0.39, 0.29) is 30.0 Å². The van der Waals surface area contributed by atoms with E-state index in [0.717, 1.165) is 60.9 Å². The summed E-state index contributed by atoms with van der Waals surface area (Å²) in [6.45, 7) is 5.64. The molecule has 1 saturated carbocycles. The van der Waals surface area contributed by atoms with Crippen molar-refractivity contribution in [3.05, 3.63) is 29.5 Å². The van der Waals surface area contributed by atoms with Crippen LogP contribution in [0.5, 0.6) is 5.75 Å². The Bertz CT molecular complexity index is 1110. The normalized spacial score (nSPS) is 22.2. The lowest BCUT2D eigenvalue weighted by Crippen LogP contribution is -2.58. The van der Waals surface area contributed by atoms with Crippen LogP contribution < -0.4 is 10.1 Å². The number of benzene rings is 1. The van der Waals surface area contributed by atoms with Gasteiger partial charge in [-0.15, -0.1) is 0 Å². The first kappa shape index (κ1) is 24.9. The van der Waals surface area contributed by atoms with Crippen LogP contribution in [0, 0.1) is 5.92 Å². The van der Waals surface area contributed by atoms with Crippen molar-refractivity contribution in [2.24, 2.45) is 5.92 Å². The number of methoxy groups -OCH3 is 1. The van der Waals surface area contributed by atoms with Gasteiger partial charge in [0, 0.05) is 59.7 Å². The molecule has 36 heavy (non-hydrogen) atoms. The molecule has 1 saturated heterocycles. The first-order valence-electron chi connectivity index (χ1n) is 13.5. The molecule has 3 heterocycles. The molecule has 8 heteroatoms. The molecule has 0 bridgehead atoms. The van der Waals surface area contributed by atoms with Gasteiger partial charge in [-0.2, -0.15) is 0 Å². The molecule has 2 aromatic rings. The minimum atomic E-state index is -0.454. The fourth-order valence-corrected chi connectivity index (χ4v) is 6.72. The minimum absolute atomic E-state index is 0.00359. The van der Waals surface area contributed by atoms with Crippen molar-refractivity contribution >= 4 is 22.8 Å². The molecule has 1 aromatic heterocycles. The quantitative estimate of drug-likeness (QED) is 0.594. The summed E-state index contributed by atoms with van der Waals surface area (Å²) in [5.74, 6) is 1.24. The Morgan fingerprint density at radius 1 is 1.19 bits per heavy atom. The summed E-state index contributed by atoms with van der Waals surface area (Å²) in [6.07, 6.45) is 7.15. The predicted octanol–water partition coefficient (Wildman–Crippen LogP) is 4.08. The Hall–Kier alpha value is -2.74. The first-order chi connectivity index (χ1) is 17.4. The second-order valence-electron chi connectivity index (χ2n) is 11.2. The van der Waals surface area contributed by atoms with E-state index in [1.807, 2.05) is 26.0 Å². The van der Waals surface area contributed by atoms with Crippen LogP contribution >= 0.6 is 0 Å². The number of rotatable bonds is 4. The van der Waals surface area contributed by atoms with Crippen molar-refractivity contribution in [1.82, 2.24) is 20.1 Å². The molecular weight excluding hydrogens is 456 g/mol. The second kappa shape index (κ2) is 9.96. The molecule has 3 amide bonds. The molecule has 1 aliphatic carbocycles. The van der Waals surface area contributed by atoms with Gasteiger partial charge < -0.3 is 29.9 Å². The lowest BCUT2D eigenvalue weighted by atomic mass is 9.68. The molecule has 1 aromatic carbocycles. The highest BCUT2D eigenvalue weighted by atomic mass is 16.5. The van der Waals surface area contributed by atoms with E-state index in [2.05, 4.69) is 21.3 Å². The van der Waals surface area contributed by atoms with E-state index in [4.69, 9.17) is 4.74 Å². The smallest absolute Gasteiger partial charge is 0.318 e. The zero-order chi connectivity index (χ0) is 25.4. The number of aliphatic hydroxyl groups is 1. The van der Waals surface area contributed by atoms with Gasteiger partial charge >= 0.3 is 6.03 Å². The molecule has 1 spiro atoms. The molecule has 0 unspecified atom stereocenters. The van der Waals surface area contributed by atoms with Crippen LogP contribution in [0.3, 0.4) is 0 Å². The number of aliphatic hydroxyl groups excluding tert-OH is 1. The highest BCUT2D eigenvalue weighted by Crippen LogP contribution is 2.49. The van der Waals surface area contributed by atoms with Gasteiger partial charge in [-0.05, 0) is 57.2 Å². The molecule has 2 aliphatic heterocycles. The maximum Gasteiger partial charge on any atom is 0.318 e. The van der Waals surface area contributed by atoms with E-state index in [0.29, 0.717) is 25.5 Å².